The molecule has 0 saturated heterocycles. The minimum Gasteiger partial charge on any atom is -0.458 e. The summed E-state index contributed by atoms with van der Waals surface area (Å²) in [5.41, 5.74) is -0.456. The third-order valence-electron chi connectivity index (χ3n) is 4.54. The van der Waals surface area contributed by atoms with Crippen molar-refractivity contribution in [2.45, 2.75) is 84.7 Å². The van der Waals surface area contributed by atoms with Crippen LogP contribution in [0.2, 0.25) is 0 Å². The van der Waals surface area contributed by atoms with Crippen LogP contribution in [-0.2, 0) is 19.1 Å². The maximum absolute atomic E-state index is 12.0. The van der Waals surface area contributed by atoms with Crippen molar-refractivity contribution in [3.05, 3.63) is 12.2 Å². The molecule has 0 aliphatic heterocycles. The van der Waals surface area contributed by atoms with Gasteiger partial charge in [-0.25, -0.2) is 4.79 Å². The number of carbonyl (C=O) groups excluding carboxylic acids is 2. The van der Waals surface area contributed by atoms with E-state index in [1.807, 2.05) is 20.8 Å². The first-order valence-electron chi connectivity index (χ1n) is 9.80. The number of allylic oxidation sites excluding steroid dienone is 2. The molecule has 0 radical (unpaired) electrons. The lowest BCUT2D eigenvalue weighted by atomic mass is 9.88. The second-order valence-corrected chi connectivity index (χ2v) is 7.98. The summed E-state index contributed by atoms with van der Waals surface area (Å²) in [6.07, 6.45) is 12.4. The molecule has 1 aliphatic rings. The van der Waals surface area contributed by atoms with Crippen molar-refractivity contribution < 1.29 is 19.1 Å². The molecule has 0 bridgehead atoms. The Morgan fingerprint density at radius 3 is 2.64 bits per heavy atom. The molecule has 4 heteroatoms. The highest BCUT2D eigenvalue weighted by molar-refractivity contribution is 5.83. The molecule has 1 fully saturated rings. The van der Waals surface area contributed by atoms with E-state index >= 15 is 0 Å². The van der Waals surface area contributed by atoms with Gasteiger partial charge in [0.05, 0.1) is 0 Å². The molecule has 1 aliphatic carbocycles. The lowest BCUT2D eigenvalue weighted by Gasteiger charge is -2.19. The van der Waals surface area contributed by atoms with Crippen LogP contribution in [-0.4, -0.2) is 30.6 Å². The molecule has 2 atom stereocenters. The molecule has 144 valence electrons. The van der Waals surface area contributed by atoms with Crippen LogP contribution in [0.25, 0.3) is 0 Å². The van der Waals surface area contributed by atoms with Crippen molar-refractivity contribution in [2.24, 2.45) is 11.8 Å². The van der Waals surface area contributed by atoms with Gasteiger partial charge in [0.2, 0.25) is 0 Å². The van der Waals surface area contributed by atoms with Crippen molar-refractivity contribution >= 4 is 11.8 Å². The molecule has 0 aromatic rings. The molecule has 0 unspecified atom stereocenters. The highest BCUT2D eigenvalue weighted by atomic mass is 16.6. The van der Waals surface area contributed by atoms with Crippen LogP contribution in [0, 0.1) is 11.8 Å². The fraction of sp³-hybridized carbons (Fsp3) is 0.810. The Balaban J connectivity index is 2.10. The van der Waals surface area contributed by atoms with Gasteiger partial charge in [0, 0.05) is 18.9 Å². The smallest absolute Gasteiger partial charge is 0.332 e. The Labute approximate surface area is 153 Å². The molecule has 0 aromatic carbocycles. The second kappa shape index (κ2) is 11.5. The van der Waals surface area contributed by atoms with Crippen molar-refractivity contribution in [2.75, 3.05) is 13.2 Å². The molecule has 0 heterocycles. The monoisotopic (exact) mass is 352 g/mol. The number of ketones is 1. The van der Waals surface area contributed by atoms with Crippen LogP contribution in [0.3, 0.4) is 0 Å². The van der Waals surface area contributed by atoms with Crippen LogP contribution in [0.5, 0.6) is 0 Å². The lowest BCUT2D eigenvalue weighted by Crippen LogP contribution is -2.26. The fourth-order valence-electron chi connectivity index (χ4n) is 3.37. The van der Waals surface area contributed by atoms with Crippen LogP contribution >= 0.6 is 0 Å². The van der Waals surface area contributed by atoms with Crippen molar-refractivity contribution in [1.29, 1.82) is 0 Å². The minimum atomic E-state index is -0.456. The summed E-state index contributed by atoms with van der Waals surface area (Å²) in [5.74, 6) is 0.939. The SMILES string of the molecule is CC/C=C\C[C@H]1C(=O)CC[C@@H]1CCCCCOCC(=O)OC(C)(C)C. The normalized spacial score (nSPS) is 21.2. The zero-order valence-electron chi connectivity index (χ0n) is 16.5. The molecular weight excluding hydrogens is 316 g/mol. The Morgan fingerprint density at radius 2 is 1.96 bits per heavy atom. The second-order valence-electron chi connectivity index (χ2n) is 7.98. The first-order chi connectivity index (χ1) is 11.8. The van der Waals surface area contributed by atoms with Gasteiger partial charge in [0.25, 0.3) is 0 Å². The van der Waals surface area contributed by atoms with Crippen molar-refractivity contribution in [3.63, 3.8) is 0 Å². The summed E-state index contributed by atoms with van der Waals surface area (Å²) >= 11 is 0. The van der Waals surface area contributed by atoms with Gasteiger partial charge in [-0.1, -0.05) is 31.9 Å². The standard InChI is InChI=1S/C21H36O4/c1-5-6-8-12-18-17(13-14-19(18)22)11-9-7-10-15-24-16-20(23)25-21(2,3)4/h6,8,17-18H,5,7,9-16H2,1-4H3/b8-6-/t17-,18+/m0/s1. The molecule has 1 saturated carbocycles. The van der Waals surface area contributed by atoms with Gasteiger partial charge in [-0.2, -0.15) is 0 Å². The predicted octanol–water partition coefficient (Wildman–Crippen LogP) is 4.86. The maximum atomic E-state index is 12.0. The number of ether oxygens (including phenoxy) is 2. The van der Waals surface area contributed by atoms with Gasteiger partial charge in [0.1, 0.15) is 18.0 Å². The molecule has 0 spiro atoms. The van der Waals surface area contributed by atoms with E-state index in [-0.39, 0.29) is 18.5 Å². The van der Waals surface area contributed by atoms with Gasteiger partial charge in [0.15, 0.2) is 0 Å². The van der Waals surface area contributed by atoms with E-state index in [9.17, 15) is 9.59 Å². The highest BCUT2D eigenvalue weighted by Crippen LogP contribution is 2.35. The number of hydrogen-bond acceptors (Lipinski definition) is 4. The predicted molar refractivity (Wildman–Crippen MR) is 100 cm³/mol. The quantitative estimate of drug-likeness (QED) is 0.303. The van der Waals surface area contributed by atoms with Gasteiger partial charge in [-0.05, 0) is 58.8 Å². The van der Waals surface area contributed by atoms with E-state index in [1.165, 1.54) is 0 Å². The molecule has 25 heavy (non-hydrogen) atoms. The van der Waals surface area contributed by atoms with Crippen LogP contribution in [0.4, 0.5) is 0 Å². The van der Waals surface area contributed by atoms with Crippen LogP contribution < -0.4 is 0 Å². The van der Waals surface area contributed by atoms with Gasteiger partial charge in [-0.15, -0.1) is 0 Å². The zero-order chi connectivity index (χ0) is 18.7. The number of esters is 1. The zero-order valence-corrected chi connectivity index (χ0v) is 16.5. The van der Waals surface area contributed by atoms with Crippen LogP contribution in [0.1, 0.15) is 79.1 Å². The average molecular weight is 353 g/mol. The fourth-order valence-corrected chi connectivity index (χ4v) is 3.37. The number of carbonyl (C=O) groups is 2. The summed E-state index contributed by atoms with van der Waals surface area (Å²) in [5, 5.41) is 0. The Kier molecular flexibility index (Phi) is 10.0. The first-order valence-corrected chi connectivity index (χ1v) is 9.80. The van der Waals surface area contributed by atoms with E-state index in [0.717, 1.165) is 51.4 Å². The van der Waals surface area contributed by atoms with E-state index in [4.69, 9.17) is 9.47 Å². The highest BCUT2D eigenvalue weighted by Gasteiger charge is 2.32. The summed E-state index contributed by atoms with van der Waals surface area (Å²) < 4.78 is 10.6. The lowest BCUT2D eigenvalue weighted by molar-refractivity contribution is -0.160. The Hall–Kier alpha value is -1.16. The molecular formula is C21H36O4. The van der Waals surface area contributed by atoms with E-state index in [2.05, 4.69) is 19.1 Å². The van der Waals surface area contributed by atoms with Gasteiger partial charge in [-0.3, -0.25) is 4.79 Å². The summed E-state index contributed by atoms with van der Waals surface area (Å²) in [7, 11) is 0. The third-order valence-corrected chi connectivity index (χ3v) is 4.54. The molecule has 4 nitrogen and oxygen atoms in total. The largest absolute Gasteiger partial charge is 0.458 e. The first kappa shape index (κ1) is 21.9. The van der Waals surface area contributed by atoms with Gasteiger partial charge < -0.3 is 9.47 Å². The number of hydrogen-bond donors (Lipinski definition) is 0. The summed E-state index contributed by atoms with van der Waals surface area (Å²) in [6, 6.07) is 0. The summed E-state index contributed by atoms with van der Waals surface area (Å²) in [4.78, 5) is 23.5. The van der Waals surface area contributed by atoms with Crippen molar-refractivity contribution in [1.82, 2.24) is 0 Å². The van der Waals surface area contributed by atoms with E-state index in [0.29, 0.717) is 18.3 Å². The molecule has 0 N–H and O–H groups in total. The maximum Gasteiger partial charge on any atom is 0.332 e. The molecule has 1 rings (SSSR count). The van der Waals surface area contributed by atoms with Crippen LogP contribution in [0.15, 0.2) is 12.2 Å². The minimum absolute atomic E-state index is 0.0280. The third kappa shape index (κ3) is 9.78. The summed E-state index contributed by atoms with van der Waals surface area (Å²) in [6.45, 7) is 8.29. The number of Topliss-reactive ketones (excluding diaryl/α,β-unsaturated/α-hetero) is 1. The van der Waals surface area contributed by atoms with Gasteiger partial charge >= 0.3 is 5.97 Å². The molecule has 0 amide bonds. The number of unbranched alkanes of at least 4 members (excludes halogenated alkanes) is 2. The molecule has 0 aromatic heterocycles. The van der Waals surface area contributed by atoms with E-state index < -0.39 is 5.60 Å². The topological polar surface area (TPSA) is 52.6 Å². The van der Waals surface area contributed by atoms with Crippen molar-refractivity contribution in [3.8, 4) is 0 Å². The van der Waals surface area contributed by atoms with E-state index in [1.54, 1.807) is 0 Å². The average Bonchev–Trinajstić information content (AvgIpc) is 2.85. The number of rotatable bonds is 11. The Morgan fingerprint density at radius 1 is 1.20 bits per heavy atom. The Bertz CT molecular complexity index is 434.